The molecule has 1 saturated heterocycles. The number of amides is 3. The van der Waals surface area contributed by atoms with Crippen LogP contribution in [0.3, 0.4) is 0 Å². The molecule has 4 rings (SSSR count). The van der Waals surface area contributed by atoms with Gasteiger partial charge in [-0.3, -0.25) is 14.4 Å². The van der Waals surface area contributed by atoms with Gasteiger partial charge in [0, 0.05) is 24.2 Å². The third kappa shape index (κ3) is 4.74. The van der Waals surface area contributed by atoms with Gasteiger partial charge >= 0.3 is 0 Å². The van der Waals surface area contributed by atoms with E-state index in [1.807, 2.05) is 42.2 Å². The molecule has 1 atom stereocenters. The molecule has 3 heterocycles. The minimum atomic E-state index is -0.864. The van der Waals surface area contributed by atoms with Gasteiger partial charge in [0.1, 0.15) is 12.4 Å². The molecular weight excluding hydrogens is 412 g/mol. The molecular formula is C23H26N4O3S. The van der Waals surface area contributed by atoms with E-state index in [0.29, 0.717) is 24.6 Å². The number of hydrogen-bond donors (Lipinski definition) is 1. The summed E-state index contributed by atoms with van der Waals surface area (Å²) in [5, 5.41) is 1.91. The molecule has 0 aliphatic carbocycles. The Kier molecular flexibility index (Phi) is 6.56. The number of aromatic nitrogens is 1. The molecule has 0 radical (unpaired) electrons. The number of nitrogens with zero attached hydrogens (tertiary/aromatic N) is 3. The Bertz CT molecular complexity index is 988. The third-order valence-electron chi connectivity index (χ3n) is 5.60. The molecule has 162 valence electrons. The smallest absolute Gasteiger partial charge is 0.250 e. The molecule has 1 fully saturated rings. The van der Waals surface area contributed by atoms with E-state index >= 15 is 0 Å². The zero-order chi connectivity index (χ0) is 21.8. The van der Waals surface area contributed by atoms with Gasteiger partial charge in [-0.15, -0.1) is 11.8 Å². The van der Waals surface area contributed by atoms with Crippen LogP contribution < -0.4 is 10.2 Å². The second kappa shape index (κ2) is 9.51. The van der Waals surface area contributed by atoms with Gasteiger partial charge in [-0.05, 0) is 43.5 Å². The fourth-order valence-electron chi connectivity index (χ4n) is 3.93. The Morgan fingerprint density at radius 2 is 1.84 bits per heavy atom. The first-order valence-corrected chi connectivity index (χ1v) is 11.5. The van der Waals surface area contributed by atoms with E-state index in [-0.39, 0.29) is 24.3 Å². The second-order valence-corrected chi connectivity index (χ2v) is 8.99. The Labute approximate surface area is 186 Å². The predicted octanol–water partition coefficient (Wildman–Crippen LogP) is 3.24. The van der Waals surface area contributed by atoms with E-state index < -0.39 is 5.25 Å². The first-order chi connectivity index (χ1) is 15.0. The number of carbonyl (C=O) groups is 3. The summed E-state index contributed by atoms with van der Waals surface area (Å²) < 4.78 is 0. The van der Waals surface area contributed by atoms with Crippen molar-refractivity contribution >= 4 is 41.0 Å². The average molecular weight is 439 g/mol. The van der Waals surface area contributed by atoms with Crippen LogP contribution in [-0.2, 0) is 14.4 Å². The fourth-order valence-corrected chi connectivity index (χ4v) is 5.11. The molecule has 3 amide bonds. The summed E-state index contributed by atoms with van der Waals surface area (Å²) in [7, 11) is 0. The van der Waals surface area contributed by atoms with Gasteiger partial charge in [-0.2, -0.15) is 0 Å². The minimum absolute atomic E-state index is 0.155. The van der Waals surface area contributed by atoms with Crippen molar-refractivity contribution in [2.75, 3.05) is 29.9 Å². The van der Waals surface area contributed by atoms with Crippen LogP contribution in [0, 0.1) is 6.92 Å². The molecule has 2 aromatic rings. The number of likely N-dealkylation sites (tertiary alicyclic amines) is 1. The van der Waals surface area contributed by atoms with Gasteiger partial charge in [-0.1, -0.05) is 31.0 Å². The molecule has 0 saturated carbocycles. The number of anilines is 2. The standard InChI is InChI=1S/C23H26N4O3S/c1-16-9-8-12-24-21(16)25-19(28)15-27-17-10-4-5-11-18(17)31-20(23(27)30)22(29)26-13-6-2-3-7-14-26/h4-5,8-12,20H,2-3,6-7,13-15H2,1H3,(H,24,25,28). The molecule has 2 aliphatic rings. The molecule has 0 bridgehead atoms. The Balaban J connectivity index is 1.55. The lowest BCUT2D eigenvalue weighted by atomic mass is 10.2. The maximum absolute atomic E-state index is 13.4. The van der Waals surface area contributed by atoms with E-state index in [1.54, 1.807) is 12.3 Å². The SMILES string of the molecule is Cc1cccnc1NC(=O)CN1C(=O)C(C(=O)N2CCCCCC2)Sc2ccccc21. The lowest BCUT2D eigenvalue weighted by Gasteiger charge is -2.34. The quantitative estimate of drug-likeness (QED) is 0.741. The zero-order valence-corrected chi connectivity index (χ0v) is 18.4. The summed E-state index contributed by atoms with van der Waals surface area (Å²) in [4.78, 5) is 47.6. The highest BCUT2D eigenvalue weighted by Crippen LogP contribution is 2.39. The Morgan fingerprint density at radius 3 is 2.58 bits per heavy atom. The van der Waals surface area contributed by atoms with Gasteiger partial charge in [-0.25, -0.2) is 4.98 Å². The van der Waals surface area contributed by atoms with Gasteiger partial charge in [0.2, 0.25) is 11.8 Å². The van der Waals surface area contributed by atoms with Crippen LogP contribution in [0.15, 0.2) is 47.5 Å². The van der Waals surface area contributed by atoms with Gasteiger partial charge in [0.05, 0.1) is 5.69 Å². The normalized spacial score (nSPS) is 18.9. The number of nitrogens with one attached hydrogen (secondary N) is 1. The molecule has 1 N–H and O–H groups in total. The van der Waals surface area contributed by atoms with Crippen molar-refractivity contribution < 1.29 is 14.4 Å². The van der Waals surface area contributed by atoms with E-state index in [2.05, 4.69) is 10.3 Å². The van der Waals surface area contributed by atoms with Crippen LogP contribution in [0.2, 0.25) is 0 Å². The highest BCUT2D eigenvalue weighted by Gasteiger charge is 2.40. The summed E-state index contributed by atoms with van der Waals surface area (Å²) >= 11 is 1.28. The number of hydrogen-bond acceptors (Lipinski definition) is 5. The number of aryl methyl sites for hydroxylation is 1. The number of thioether (sulfide) groups is 1. The van der Waals surface area contributed by atoms with Crippen LogP contribution in [0.4, 0.5) is 11.5 Å². The van der Waals surface area contributed by atoms with E-state index in [9.17, 15) is 14.4 Å². The first kappa shape index (κ1) is 21.4. The average Bonchev–Trinajstić information content (AvgIpc) is 3.06. The molecule has 2 aliphatic heterocycles. The van der Waals surface area contributed by atoms with Gasteiger partial charge in [0.15, 0.2) is 5.25 Å². The predicted molar refractivity (Wildman–Crippen MR) is 121 cm³/mol. The lowest BCUT2D eigenvalue weighted by molar-refractivity contribution is -0.135. The number of rotatable bonds is 4. The van der Waals surface area contributed by atoms with Crippen LogP contribution >= 0.6 is 11.8 Å². The van der Waals surface area contributed by atoms with Crippen LogP contribution in [0.5, 0.6) is 0 Å². The number of benzene rings is 1. The topological polar surface area (TPSA) is 82.6 Å². The van der Waals surface area contributed by atoms with Crippen LogP contribution in [0.1, 0.15) is 31.2 Å². The van der Waals surface area contributed by atoms with Crippen molar-refractivity contribution in [3.05, 3.63) is 48.2 Å². The number of para-hydroxylation sites is 1. The molecule has 1 aromatic heterocycles. The summed E-state index contributed by atoms with van der Waals surface area (Å²) in [6, 6.07) is 11.1. The first-order valence-electron chi connectivity index (χ1n) is 10.6. The largest absolute Gasteiger partial charge is 0.341 e. The highest BCUT2D eigenvalue weighted by atomic mass is 32.2. The molecule has 1 unspecified atom stereocenters. The van der Waals surface area contributed by atoms with Crippen molar-refractivity contribution in [1.29, 1.82) is 0 Å². The monoisotopic (exact) mass is 438 g/mol. The molecule has 7 nitrogen and oxygen atoms in total. The highest BCUT2D eigenvalue weighted by molar-refractivity contribution is 8.01. The molecule has 31 heavy (non-hydrogen) atoms. The number of carbonyl (C=O) groups excluding carboxylic acids is 3. The number of fused-ring (bicyclic) bond motifs is 1. The van der Waals surface area contributed by atoms with Crippen molar-refractivity contribution in [3.63, 3.8) is 0 Å². The molecule has 1 aromatic carbocycles. The van der Waals surface area contributed by atoms with E-state index in [4.69, 9.17) is 0 Å². The summed E-state index contributed by atoms with van der Waals surface area (Å²) in [5.41, 5.74) is 1.50. The van der Waals surface area contributed by atoms with Crippen molar-refractivity contribution in [2.45, 2.75) is 42.8 Å². The Hall–Kier alpha value is -2.87. The van der Waals surface area contributed by atoms with Crippen LogP contribution in [-0.4, -0.2) is 52.5 Å². The fraction of sp³-hybridized carbons (Fsp3) is 0.391. The Morgan fingerprint density at radius 1 is 1.10 bits per heavy atom. The van der Waals surface area contributed by atoms with E-state index in [1.165, 1.54) is 16.7 Å². The van der Waals surface area contributed by atoms with Gasteiger partial charge in [0.25, 0.3) is 5.91 Å². The molecule has 0 spiro atoms. The zero-order valence-electron chi connectivity index (χ0n) is 17.5. The maximum Gasteiger partial charge on any atom is 0.250 e. The van der Waals surface area contributed by atoms with Crippen LogP contribution in [0.25, 0.3) is 0 Å². The molecule has 8 heteroatoms. The maximum atomic E-state index is 13.4. The summed E-state index contributed by atoms with van der Waals surface area (Å²) in [6.07, 6.45) is 5.75. The lowest BCUT2D eigenvalue weighted by Crippen LogP contribution is -2.51. The van der Waals surface area contributed by atoms with Crippen molar-refractivity contribution in [2.24, 2.45) is 0 Å². The van der Waals surface area contributed by atoms with E-state index in [0.717, 1.165) is 36.1 Å². The van der Waals surface area contributed by atoms with Crippen molar-refractivity contribution in [3.8, 4) is 0 Å². The summed E-state index contributed by atoms with van der Waals surface area (Å²) in [6.45, 7) is 3.06. The summed E-state index contributed by atoms with van der Waals surface area (Å²) in [5.74, 6) is -0.377. The van der Waals surface area contributed by atoms with Gasteiger partial charge < -0.3 is 15.1 Å². The third-order valence-corrected chi connectivity index (χ3v) is 6.84. The van der Waals surface area contributed by atoms with Crippen molar-refractivity contribution in [1.82, 2.24) is 9.88 Å². The minimum Gasteiger partial charge on any atom is -0.341 e. The number of pyridine rings is 1. The second-order valence-electron chi connectivity index (χ2n) is 7.85.